The zero-order valence-corrected chi connectivity index (χ0v) is 11.5. The summed E-state index contributed by atoms with van der Waals surface area (Å²) in [6.07, 6.45) is 1.54. The minimum absolute atomic E-state index is 0.340. The molecular weight excluding hydrogens is 260 g/mol. The number of para-hydroxylation sites is 1. The van der Waals surface area contributed by atoms with Crippen LogP contribution in [0.1, 0.15) is 6.92 Å². The van der Waals surface area contributed by atoms with Crippen LogP contribution in [-0.2, 0) is 4.79 Å². The summed E-state index contributed by atoms with van der Waals surface area (Å²) in [7, 11) is 0. The molecule has 0 bridgehead atoms. The van der Waals surface area contributed by atoms with Gasteiger partial charge in [-0.05, 0) is 12.6 Å². The molecule has 0 saturated heterocycles. The number of thioether (sulfide) groups is 1. The van der Waals surface area contributed by atoms with Crippen LogP contribution in [0, 0.1) is 0 Å². The highest BCUT2D eigenvalue weighted by Crippen LogP contribution is 2.24. The van der Waals surface area contributed by atoms with Gasteiger partial charge in [0.15, 0.2) is 0 Å². The van der Waals surface area contributed by atoms with Crippen molar-refractivity contribution in [2.45, 2.75) is 18.0 Å². The highest BCUT2D eigenvalue weighted by atomic mass is 32.2. The molecule has 0 aliphatic heterocycles. The van der Waals surface area contributed by atoms with Gasteiger partial charge in [0.1, 0.15) is 11.4 Å². The number of nitrogens with two attached hydrogens (primary N) is 1. The van der Waals surface area contributed by atoms with Crippen molar-refractivity contribution in [1.82, 2.24) is 15.3 Å². The molecule has 1 atom stereocenters. The zero-order valence-electron chi connectivity index (χ0n) is 10.7. The van der Waals surface area contributed by atoms with E-state index in [-0.39, 0.29) is 11.9 Å². The molecule has 5 nitrogen and oxygen atoms in total. The van der Waals surface area contributed by atoms with E-state index < -0.39 is 0 Å². The van der Waals surface area contributed by atoms with Gasteiger partial charge in [0.05, 0.1) is 11.6 Å². The Morgan fingerprint density at radius 2 is 2.21 bits per heavy atom. The lowest BCUT2D eigenvalue weighted by atomic mass is 10.2. The third-order valence-electron chi connectivity index (χ3n) is 2.69. The van der Waals surface area contributed by atoms with Crippen LogP contribution in [0.15, 0.2) is 35.6 Å². The molecule has 0 aliphatic rings. The number of aromatic nitrogens is 2. The minimum Gasteiger partial charge on any atom is -0.368 e. The Labute approximate surface area is 116 Å². The predicted molar refractivity (Wildman–Crippen MR) is 76.9 cm³/mol. The molecule has 19 heavy (non-hydrogen) atoms. The Morgan fingerprint density at radius 3 is 2.95 bits per heavy atom. The fourth-order valence-electron chi connectivity index (χ4n) is 1.75. The van der Waals surface area contributed by atoms with Crippen molar-refractivity contribution in [3.8, 4) is 0 Å². The summed E-state index contributed by atoms with van der Waals surface area (Å²) >= 11 is 1.51. The van der Waals surface area contributed by atoms with Crippen molar-refractivity contribution in [3.05, 3.63) is 30.6 Å². The van der Waals surface area contributed by atoms with E-state index in [2.05, 4.69) is 15.3 Å². The Bertz CT molecular complexity index is 570. The van der Waals surface area contributed by atoms with Gasteiger partial charge in [-0.3, -0.25) is 4.79 Å². The summed E-state index contributed by atoms with van der Waals surface area (Å²) in [5.74, 6) is 0.220. The van der Waals surface area contributed by atoms with Crippen LogP contribution < -0.4 is 11.1 Å². The van der Waals surface area contributed by atoms with E-state index in [1.54, 1.807) is 0 Å². The Hall–Kier alpha value is -1.66. The van der Waals surface area contributed by atoms with E-state index in [1.807, 2.05) is 31.2 Å². The molecular formula is C13H16N4OS. The third-order valence-corrected chi connectivity index (χ3v) is 3.79. The molecule has 6 heteroatoms. The number of carbonyl (C=O) groups excluding carboxylic acids is 1. The fourth-order valence-corrected chi connectivity index (χ4v) is 2.80. The number of amides is 1. The Morgan fingerprint density at radius 1 is 1.42 bits per heavy atom. The van der Waals surface area contributed by atoms with Crippen molar-refractivity contribution >= 4 is 28.6 Å². The van der Waals surface area contributed by atoms with Gasteiger partial charge >= 0.3 is 0 Å². The second-order valence-electron chi connectivity index (χ2n) is 4.02. The van der Waals surface area contributed by atoms with Gasteiger partial charge < -0.3 is 11.1 Å². The number of primary amides is 1. The molecule has 1 aromatic heterocycles. The van der Waals surface area contributed by atoms with Gasteiger partial charge in [0.25, 0.3) is 0 Å². The molecule has 2 aromatic rings. The first-order chi connectivity index (χ1) is 9.22. The number of hydrogen-bond donors (Lipinski definition) is 2. The topological polar surface area (TPSA) is 80.9 Å². The minimum atomic E-state index is -0.344. The first-order valence-corrected chi connectivity index (χ1v) is 7.06. The number of likely N-dealkylation sites (N-methyl/N-ethyl adjacent to an activating group) is 1. The molecule has 0 spiro atoms. The number of hydrogen-bond acceptors (Lipinski definition) is 5. The molecule has 0 saturated carbocycles. The Kier molecular flexibility index (Phi) is 4.70. The molecule has 0 aliphatic carbocycles. The van der Waals surface area contributed by atoms with Crippen LogP contribution >= 0.6 is 11.8 Å². The number of benzene rings is 1. The molecule has 100 valence electrons. The normalized spacial score (nSPS) is 12.5. The smallest absolute Gasteiger partial charge is 0.235 e. The van der Waals surface area contributed by atoms with Crippen LogP contribution in [0.4, 0.5) is 0 Å². The van der Waals surface area contributed by atoms with Crippen LogP contribution in [0.5, 0.6) is 0 Å². The van der Waals surface area contributed by atoms with Crippen LogP contribution in [0.25, 0.3) is 10.9 Å². The summed E-state index contributed by atoms with van der Waals surface area (Å²) in [4.78, 5) is 19.8. The summed E-state index contributed by atoms with van der Waals surface area (Å²) < 4.78 is 0. The molecule has 3 N–H and O–H groups in total. The van der Waals surface area contributed by atoms with Crippen LogP contribution in [-0.4, -0.2) is 34.2 Å². The Balaban J connectivity index is 2.15. The van der Waals surface area contributed by atoms with Gasteiger partial charge in [0.2, 0.25) is 5.91 Å². The summed E-state index contributed by atoms with van der Waals surface area (Å²) in [5, 5.41) is 4.93. The van der Waals surface area contributed by atoms with E-state index >= 15 is 0 Å². The third kappa shape index (κ3) is 3.42. The van der Waals surface area contributed by atoms with Gasteiger partial charge in [-0.25, -0.2) is 9.97 Å². The average molecular weight is 276 g/mol. The zero-order chi connectivity index (χ0) is 13.7. The van der Waals surface area contributed by atoms with Gasteiger partial charge in [-0.2, -0.15) is 0 Å². The highest BCUT2D eigenvalue weighted by molar-refractivity contribution is 7.99. The number of nitrogens with one attached hydrogen (secondary N) is 1. The molecule has 1 aromatic carbocycles. The van der Waals surface area contributed by atoms with Crippen molar-refractivity contribution in [2.24, 2.45) is 5.73 Å². The van der Waals surface area contributed by atoms with Crippen LogP contribution in [0.2, 0.25) is 0 Å². The molecule has 1 unspecified atom stereocenters. The average Bonchev–Trinajstić information content (AvgIpc) is 2.43. The monoisotopic (exact) mass is 276 g/mol. The quantitative estimate of drug-likeness (QED) is 0.612. The van der Waals surface area contributed by atoms with E-state index in [0.29, 0.717) is 12.3 Å². The molecule has 1 heterocycles. The fraction of sp³-hybridized carbons (Fsp3) is 0.308. The first-order valence-electron chi connectivity index (χ1n) is 6.07. The SMILES string of the molecule is CCNC(CSc1ncnc2ccccc12)C(N)=O. The maximum absolute atomic E-state index is 11.3. The summed E-state index contributed by atoms with van der Waals surface area (Å²) in [6, 6.07) is 7.46. The number of nitrogens with zero attached hydrogens (tertiary/aromatic N) is 2. The first kappa shape index (κ1) is 13.8. The van der Waals surface area contributed by atoms with Gasteiger partial charge in [-0.15, -0.1) is 11.8 Å². The standard InChI is InChI=1S/C13H16N4OS/c1-2-15-11(12(14)18)7-19-13-9-5-3-4-6-10(9)16-8-17-13/h3-6,8,11,15H,2,7H2,1H3,(H2,14,18). The lowest BCUT2D eigenvalue weighted by molar-refractivity contribution is -0.119. The molecule has 0 radical (unpaired) electrons. The summed E-state index contributed by atoms with van der Waals surface area (Å²) in [6.45, 7) is 2.65. The molecule has 1 amide bonds. The number of rotatable bonds is 6. The largest absolute Gasteiger partial charge is 0.368 e. The van der Waals surface area contributed by atoms with Gasteiger partial charge in [0, 0.05) is 11.1 Å². The second kappa shape index (κ2) is 6.49. The second-order valence-corrected chi connectivity index (χ2v) is 5.03. The lowest BCUT2D eigenvalue weighted by Crippen LogP contribution is -2.43. The predicted octanol–water partition coefficient (Wildman–Crippen LogP) is 1.19. The van der Waals surface area contributed by atoms with Crippen LogP contribution in [0.3, 0.4) is 0 Å². The van der Waals surface area contributed by atoms with E-state index in [1.165, 1.54) is 18.1 Å². The van der Waals surface area contributed by atoms with Crippen molar-refractivity contribution in [3.63, 3.8) is 0 Å². The van der Waals surface area contributed by atoms with Gasteiger partial charge in [-0.1, -0.05) is 25.1 Å². The maximum atomic E-state index is 11.3. The maximum Gasteiger partial charge on any atom is 0.235 e. The number of carbonyl (C=O) groups is 1. The number of fused-ring (bicyclic) bond motifs is 1. The van der Waals surface area contributed by atoms with Crippen molar-refractivity contribution in [1.29, 1.82) is 0 Å². The van der Waals surface area contributed by atoms with E-state index in [4.69, 9.17) is 5.73 Å². The highest BCUT2D eigenvalue weighted by Gasteiger charge is 2.15. The molecule has 2 rings (SSSR count). The van der Waals surface area contributed by atoms with E-state index in [9.17, 15) is 4.79 Å². The molecule has 0 fully saturated rings. The van der Waals surface area contributed by atoms with Crippen molar-refractivity contribution in [2.75, 3.05) is 12.3 Å². The summed E-state index contributed by atoms with van der Waals surface area (Å²) in [5.41, 5.74) is 6.25. The lowest BCUT2D eigenvalue weighted by Gasteiger charge is -2.13. The van der Waals surface area contributed by atoms with E-state index in [0.717, 1.165) is 15.9 Å². The van der Waals surface area contributed by atoms with Crippen molar-refractivity contribution < 1.29 is 4.79 Å².